The van der Waals surface area contributed by atoms with Crippen molar-refractivity contribution < 1.29 is 4.79 Å². The smallest absolute Gasteiger partial charge is 0.241 e. The summed E-state index contributed by atoms with van der Waals surface area (Å²) in [5.74, 6) is -0.0222. The summed E-state index contributed by atoms with van der Waals surface area (Å²) in [5, 5.41) is 2.82. The third-order valence-corrected chi connectivity index (χ3v) is 3.41. The van der Waals surface area contributed by atoms with Gasteiger partial charge in [-0.25, -0.2) is 4.98 Å². The van der Waals surface area contributed by atoms with Gasteiger partial charge < -0.3 is 11.1 Å². The number of carbonyl (C=O) groups is 1. The van der Waals surface area contributed by atoms with Crippen LogP contribution in [0.1, 0.15) is 13.8 Å². The highest BCUT2D eigenvalue weighted by Gasteiger charge is 2.17. The van der Waals surface area contributed by atoms with E-state index in [1.54, 1.807) is 16.8 Å². The van der Waals surface area contributed by atoms with Crippen LogP contribution in [0.25, 0.3) is 10.2 Å². The number of carbonyl (C=O) groups excluding carboxylic acids is 1. The molecule has 2 rings (SSSR count). The molecule has 1 aromatic heterocycles. The number of benzene rings is 1. The Morgan fingerprint density at radius 2 is 2.24 bits per heavy atom. The van der Waals surface area contributed by atoms with Gasteiger partial charge in [0.1, 0.15) is 0 Å². The van der Waals surface area contributed by atoms with E-state index in [1.807, 2.05) is 32.0 Å². The quantitative estimate of drug-likeness (QED) is 0.876. The van der Waals surface area contributed by atoms with E-state index in [2.05, 4.69) is 10.3 Å². The van der Waals surface area contributed by atoms with E-state index in [9.17, 15) is 4.79 Å². The molecule has 0 fully saturated rings. The Kier molecular flexibility index (Phi) is 3.40. The number of amides is 1. The molecular weight excluding hydrogens is 234 g/mol. The van der Waals surface area contributed by atoms with Crippen molar-refractivity contribution in [2.24, 2.45) is 11.7 Å². The summed E-state index contributed by atoms with van der Waals surface area (Å²) in [5.41, 5.74) is 9.28. The molecule has 1 amide bonds. The molecule has 0 spiro atoms. The molecule has 4 nitrogen and oxygen atoms in total. The minimum atomic E-state index is -0.479. The maximum absolute atomic E-state index is 11.8. The van der Waals surface area contributed by atoms with Crippen molar-refractivity contribution >= 4 is 33.1 Å². The Bertz CT molecular complexity index is 535. The lowest BCUT2D eigenvalue weighted by molar-refractivity contribution is -0.118. The topological polar surface area (TPSA) is 68.0 Å². The molecule has 0 aliphatic rings. The second kappa shape index (κ2) is 4.81. The largest absolute Gasteiger partial charge is 0.325 e. The Morgan fingerprint density at radius 1 is 1.47 bits per heavy atom. The molecule has 0 saturated carbocycles. The molecule has 2 aromatic rings. The summed E-state index contributed by atoms with van der Waals surface area (Å²) in [4.78, 5) is 16.0. The van der Waals surface area contributed by atoms with Crippen LogP contribution in [0.5, 0.6) is 0 Å². The van der Waals surface area contributed by atoms with E-state index in [4.69, 9.17) is 5.73 Å². The Morgan fingerprint density at radius 3 is 2.94 bits per heavy atom. The van der Waals surface area contributed by atoms with Crippen LogP contribution in [0, 0.1) is 5.92 Å². The van der Waals surface area contributed by atoms with E-state index in [0.717, 1.165) is 15.9 Å². The number of nitrogens with two attached hydrogens (primary N) is 1. The summed E-state index contributed by atoms with van der Waals surface area (Å²) < 4.78 is 1.06. The number of nitrogens with zero attached hydrogens (tertiary/aromatic N) is 1. The molecule has 1 aromatic carbocycles. The molecule has 17 heavy (non-hydrogen) atoms. The van der Waals surface area contributed by atoms with Gasteiger partial charge in [0, 0.05) is 5.69 Å². The summed E-state index contributed by atoms with van der Waals surface area (Å²) >= 11 is 1.55. The van der Waals surface area contributed by atoms with Gasteiger partial charge in [0.05, 0.1) is 21.8 Å². The van der Waals surface area contributed by atoms with Crippen LogP contribution in [-0.2, 0) is 4.79 Å². The first-order chi connectivity index (χ1) is 8.08. The number of anilines is 1. The molecule has 0 saturated heterocycles. The van der Waals surface area contributed by atoms with Crippen LogP contribution in [0.15, 0.2) is 23.7 Å². The zero-order chi connectivity index (χ0) is 12.4. The number of rotatable bonds is 3. The van der Waals surface area contributed by atoms with Crippen molar-refractivity contribution in [1.82, 2.24) is 4.98 Å². The number of hydrogen-bond donors (Lipinski definition) is 2. The van der Waals surface area contributed by atoms with E-state index in [1.165, 1.54) is 0 Å². The van der Waals surface area contributed by atoms with Gasteiger partial charge in [-0.1, -0.05) is 13.8 Å². The minimum Gasteiger partial charge on any atom is -0.325 e. The average molecular weight is 249 g/mol. The second-order valence-corrected chi connectivity index (χ2v) is 5.18. The van der Waals surface area contributed by atoms with Gasteiger partial charge in [-0.2, -0.15) is 0 Å². The van der Waals surface area contributed by atoms with E-state index >= 15 is 0 Å². The first-order valence-corrected chi connectivity index (χ1v) is 6.35. The molecule has 1 atom stereocenters. The minimum absolute atomic E-state index is 0.127. The third kappa shape index (κ3) is 2.62. The third-order valence-electron chi connectivity index (χ3n) is 2.62. The number of aromatic nitrogens is 1. The number of thiazole rings is 1. The lowest BCUT2D eigenvalue weighted by Gasteiger charge is -2.15. The number of nitrogens with one attached hydrogen (secondary N) is 1. The van der Waals surface area contributed by atoms with Crippen molar-refractivity contribution in [2.75, 3.05) is 5.32 Å². The van der Waals surface area contributed by atoms with Crippen LogP contribution in [0.3, 0.4) is 0 Å². The molecule has 5 heteroatoms. The standard InChI is InChI=1S/C12H15N3OS/c1-7(2)11(13)12(16)15-8-3-4-9-10(5-8)17-6-14-9/h3-7,11H,13H2,1-2H3,(H,15,16)/t11-/m0/s1. The van der Waals surface area contributed by atoms with Crippen molar-refractivity contribution in [3.63, 3.8) is 0 Å². The normalized spacial score (nSPS) is 12.9. The molecule has 0 aliphatic carbocycles. The van der Waals surface area contributed by atoms with Gasteiger partial charge in [-0.15, -0.1) is 11.3 Å². The molecule has 3 N–H and O–H groups in total. The lowest BCUT2D eigenvalue weighted by Crippen LogP contribution is -2.39. The maximum atomic E-state index is 11.8. The molecule has 0 bridgehead atoms. The van der Waals surface area contributed by atoms with Gasteiger partial charge >= 0.3 is 0 Å². The molecule has 0 aliphatic heterocycles. The highest BCUT2D eigenvalue weighted by atomic mass is 32.1. The fraction of sp³-hybridized carbons (Fsp3) is 0.333. The second-order valence-electron chi connectivity index (χ2n) is 4.29. The first kappa shape index (κ1) is 12.0. The van der Waals surface area contributed by atoms with Gasteiger partial charge in [-0.05, 0) is 24.1 Å². The van der Waals surface area contributed by atoms with Crippen molar-refractivity contribution in [1.29, 1.82) is 0 Å². The average Bonchev–Trinajstić information content (AvgIpc) is 2.74. The first-order valence-electron chi connectivity index (χ1n) is 5.47. The van der Waals surface area contributed by atoms with E-state index in [0.29, 0.717) is 0 Å². The van der Waals surface area contributed by atoms with Crippen molar-refractivity contribution in [3.05, 3.63) is 23.7 Å². The van der Waals surface area contributed by atoms with Crippen LogP contribution >= 0.6 is 11.3 Å². The summed E-state index contributed by atoms with van der Waals surface area (Å²) in [6.45, 7) is 3.85. The Hall–Kier alpha value is -1.46. The molecule has 0 unspecified atom stereocenters. The van der Waals surface area contributed by atoms with Gasteiger partial charge in [0.2, 0.25) is 5.91 Å². The monoisotopic (exact) mass is 249 g/mol. The molecule has 1 heterocycles. The number of hydrogen-bond acceptors (Lipinski definition) is 4. The highest BCUT2D eigenvalue weighted by molar-refractivity contribution is 7.16. The van der Waals surface area contributed by atoms with Crippen LogP contribution in [-0.4, -0.2) is 16.9 Å². The summed E-state index contributed by atoms with van der Waals surface area (Å²) in [6, 6.07) is 5.17. The fourth-order valence-electron chi connectivity index (χ4n) is 1.46. The zero-order valence-corrected chi connectivity index (χ0v) is 10.6. The van der Waals surface area contributed by atoms with Crippen LogP contribution in [0.4, 0.5) is 5.69 Å². The van der Waals surface area contributed by atoms with Gasteiger partial charge in [0.25, 0.3) is 0 Å². The maximum Gasteiger partial charge on any atom is 0.241 e. The number of fused-ring (bicyclic) bond motifs is 1. The Balaban J connectivity index is 2.15. The van der Waals surface area contributed by atoms with Crippen molar-refractivity contribution in [2.45, 2.75) is 19.9 Å². The van der Waals surface area contributed by atoms with E-state index in [-0.39, 0.29) is 11.8 Å². The van der Waals surface area contributed by atoms with Crippen LogP contribution < -0.4 is 11.1 Å². The van der Waals surface area contributed by atoms with E-state index < -0.39 is 6.04 Å². The van der Waals surface area contributed by atoms with Gasteiger partial charge in [-0.3, -0.25) is 4.79 Å². The van der Waals surface area contributed by atoms with Gasteiger partial charge in [0.15, 0.2) is 0 Å². The predicted molar refractivity (Wildman–Crippen MR) is 71.1 cm³/mol. The SMILES string of the molecule is CC(C)[C@H](N)C(=O)Nc1ccc2ncsc2c1. The zero-order valence-electron chi connectivity index (χ0n) is 9.81. The molecule has 0 radical (unpaired) electrons. The molecule has 90 valence electrons. The predicted octanol–water partition coefficient (Wildman–Crippen LogP) is 2.22. The van der Waals surface area contributed by atoms with Crippen LogP contribution in [0.2, 0.25) is 0 Å². The summed E-state index contributed by atoms with van der Waals surface area (Å²) in [6.07, 6.45) is 0. The Labute approximate surface area is 104 Å². The fourth-order valence-corrected chi connectivity index (χ4v) is 2.18. The summed E-state index contributed by atoms with van der Waals surface area (Å²) in [7, 11) is 0. The highest BCUT2D eigenvalue weighted by Crippen LogP contribution is 2.21. The van der Waals surface area contributed by atoms with Crippen molar-refractivity contribution in [3.8, 4) is 0 Å². The lowest BCUT2D eigenvalue weighted by atomic mass is 10.1. The molecular formula is C12H15N3OS.